The number of para-hydroxylation sites is 1. The number of nitrogens with zero attached hydrogens (tertiary/aromatic N) is 1. The molecule has 3 aromatic rings. The van der Waals surface area contributed by atoms with Crippen molar-refractivity contribution in [3.63, 3.8) is 0 Å². The minimum Gasteiger partial charge on any atom is -0.353 e. The van der Waals surface area contributed by atoms with Crippen LogP contribution in [0.15, 0.2) is 40.1 Å². The van der Waals surface area contributed by atoms with E-state index >= 15 is 0 Å². The van der Waals surface area contributed by atoms with Crippen LogP contribution in [0.1, 0.15) is 0 Å². The second-order valence-electron chi connectivity index (χ2n) is 4.22. The molecule has 3 rings (SSSR count). The Labute approximate surface area is 118 Å². The van der Waals surface area contributed by atoms with Crippen LogP contribution in [-0.2, 0) is 10.1 Å². The Hall–Kier alpha value is -2.52. The molecule has 1 aromatic carbocycles. The summed E-state index contributed by atoms with van der Waals surface area (Å²) in [4.78, 5) is 26.6. The van der Waals surface area contributed by atoms with Crippen molar-refractivity contribution >= 4 is 31.9 Å². The van der Waals surface area contributed by atoms with Crippen molar-refractivity contribution in [2.75, 3.05) is 6.26 Å². The zero-order valence-electron chi connectivity index (χ0n) is 10.8. The number of hydrogen-bond donors (Lipinski definition) is 3. The Bertz CT molecular complexity index is 1010. The lowest BCUT2D eigenvalue weighted by Gasteiger charge is -2.00. The highest BCUT2D eigenvalue weighted by Crippen LogP contribution is 2.10. The van der Waals surface area contributed by atoms with Gasteiger partial charge in [0.05, 0.1) is 18.0 Å². The fourth-order valence-corrected chi connectivity index (χ4v) is 1.79. The van der Waals surface area contributed by atoms with Crippen molar-refractivity contribution in [1.82, 2.24) is 15.2 Å². The summed E-state index contributed by atoms with van der Waals surface area (Å²) in [6.07, 6.45) is 2.15. The molecule has 2 aromatic heterocycles. The molecule has 0 aliphatic rings. The summed E-state index contributed by atoms with van der Waals surface area (Å²) >= 11 is 0. The molecule has 0 fully saturated rings. The van der Waals surface area contributed by atoms with Crippen molar-refractivity contribution < 1.29 is 13.0 Å². The highest BCUT2D eigenvalue weighted by molar-refractivity contribution is 7.85. The minimum absolute atomic E-state index is 0.119. The molecule has 9 heteroatoms. The van der Waals surface area contributed by atoms with E-state index in [0.29, 0.717) is 22.7 Å². The van der Waals surface area contributed by atoms with Gasteiger partial charge in [-0.05, 0) is 12.1 Å². The van der Waals surface area contributed by atoms with Crippen LogP contribution in [-0.4, -0.2) is 34.4 Å². The van der Waals surface area contributed by atoms with Crippen molar-refractivity contribution in [2.45, 2.75) is 0 Å². The molecule has 3 N–H and O–H groups in total. The second-order valence-corrected chi connectivity index (χ2v) is 5.69. The van der Waals surface area contributed by atoms with Crippen LogP contribution in [0.5, 0.6) is 0 Å². The SMILES string of the molecule is CS(=O)(=O)O.O=c1[nH]ncc2[nH]c3ccccc3c(=O)c12. The number of aromatic nitrogens is 3. The molecule has 0 saturated carbocycles. The molecule has 21 heavy (non-hydrogen) atoms. The Morgan fingerprint density at radius 1 is 1.14 bits per heavy atom. The largest absolute Gasteiger partial charge is 0.353 e. The Balaban J connectivity index is 0.000000282. The number of nitrogens with one attached hydrogen (secondary N) is 2. The summed E-state index contributed by atoms with van der Waals surface area (Å²) in [5.41, 5.74) is 0.414. The third-order valence-electron chi connectivity index (χ3n) is 2.52. The maximum atomic E-state index is 12.0. The molecule has 2 heterocycles. The van der Waals surface area contributed by atoms with Crippen LogP contribution >= 0.6 is 0 Å². The summed E-state index contributed by atoms with van der Waals surface area (Å²) < 4.78 is 25.9. The lowest BCUT2D eigenvalue weighted by atomic mass is 10.1. The second kappa shape index (κ2) is 5.46. The zero-order chi connectivity index (χ0) is 15.6. The average Bonchev–Trinajstić information content (AvgIpc) is 2.37. The van der Waals surface area contributed by atoms with E-state index < -0.39 is 15.7 Å². The number of pyridine rings is 1. The quantitative estimate of drug-likeness (QED) is 0.403. The molecule has 0 aliphatic carbocycles. The molecule has 0 amide bonds. The predicted octanol–water partition coefficient (Wildman–Crippen LogP) is 0.269. The van der Waals surface area contributed by atoms with Gasteiger partial charge in [0.1, 0.15) is 5.39 Å². The topological polar surface area (TPSA) is 133 Å². The Morgan fingerprint density at radius 3 is 2.43 bits per heavy atom. The minimum atomic E-state index is -3.67. The van der Waals surface area contributed by atoms with Gasteiger partial charge in [-0.2, -0.15) is 13.5 Å². The van der Waals surface area contributed by atoms with Gasteiger partial charge in [-0.15, -0.1) is 0 Å². The normalized spacial score (nSPS) is 11.1. The maximum Gasteiger partial charge on any atom is 0.277 e. The van der Waals surface area contributed by atoms with Gasteiger partial charge < -0.3 is 4.98 Å². The summed E-state index contributed by atoms with van der Waals surface area (Å²) in [6.45, 7) is 0. The van der Waals surface area contributed by atoms with Gasteiger partial charge in [0, 0.05) is 10.9 Å². The summed E-state index contributed by atoms with van der Waals surface area (Å²) in [5.74, 6) is 0. The van der Waals surface area contributed by atoms with E-state index in [1.165, 1.54) is 6.20 Å². The van der Waals surface area contributed by atoms with Gasteiger partial charge in [-0.3, -0.25) is 14.1 Å². The van der Waals surface area contributed by atoms with Crippen LogP contribution in [0.4, 0.5) is 0 Å². The molecule has 0 spiro atoms. The van der Waals surface area contributed by atoms with E-state index in [1.54, 1.807) is 18.2 Å². The first-order chi connectivity index (χ1) is 9.77. The van der Waals surface area contributed by atoms with Crippen molar-refractivity contribution in [1.29, 1.82) is 0 Å². The van der Waals surface area contributed by atoms with E-state index in [-0.39, 0.29) is 10.8 Å². The number of rotatable bonds is 0. The van der Waals surface area contributed by atoms with Gasteiger partial charge >= 0.3 is 0 Å². The molecule has 0 aliphatic heterocycles. The molecule has 0 atom stereocenters. The number of hydrogen-bond acceptors (Lipinski definition) is 5. The van der Waals surface area contributed by atoms with Crippen molar-refractivity contribution in [3.05, 3.63) is 51.0 Å². The standard InChI is InChI=1S/C11H7N3O2.CH4O3S/c15-10-6-3-1-2-4-7(6)13-8-5-12-14-11(16)9(8)10;1-5(2,3)4/h1-5H,(H,13,15)(H,14,16);1H3,(H,2,3,4). The molecule has 0 radical (unpaired) electrons. The molecule has 0 unspecified atom stereocenters. The predicted molar refractivity (Wildman–Crippen MR) is 78.0 cm³/mol. The lowest BCUT2D eigenvalue weighted by molar-refractivity contribution is 0.490. The van der Waals surface area contributed by atoms with Gasteiger partial charge in [0.2, 0.25) is 5.43 Å². The zero-order valence-corrected chi connectivity index (χ0v) is 11.6. The fraction of sp³-hybridized carbons (Fsp3) is 0.0833. The molecule has 0 bridgehead atoms. The monoisotopic (exact) mass is 309 g/mol. The van der Waals surface area contributed by atoms with Gasteiger partial charge in [-0.1, -0.05) is 12.1 Å². The van der Waals surface area contributed by atoms with Crippen molar-refractivity contribution in [2.24, 2.45) is 0 Å². The summed E-state index contributed by atoms with van der Waals surface area (Å²) in [6, 6.07) is 7.06. The van der Waals surface area contributed by atoms with Crippen molar-refractivity contribution in [3.8, 4) is 0 Å². The Kier molecular flexibility index (Phi) is 3.87. The first-order valence-corrected chi connectivity index (χ1v) is 7.53. The highest BCUT2D eigenvalue weighted by Gasteiger charge is 2.07. The van der Waals surface area contributed by atoms with E-state index in [9.17, 15) is 18.0 Å². The first-order valence-electron chi connectivity index (χ1n) is 5.68. The van der Waals surface area contributed by atoms with E-state index in [0.717, 1.165) is 0 Å². The van der Waals surface area contributed by atoms with E-state index in [4.69, 9.17) is 4.55 Å². The average molecular weight is 309 g/mol. The highest BCUT2D eigenvalue weighted by atomic mass is 32.2. The molecular formula is C12H11N3O5S. The fourth-order valence-electron chi connectivity index (χ4n) is 1.79. The van der Waals surface area contributed by atoms with Crippen LogP contribution in [0.2, 0.25) is 0 Å². The summed E-state index contributed by atoms with van der Waals surface area (Å²) in [5, 5.41) is 6.53. The molecule has 0 saturated heterocycles. The lowest BCUT2D eigenvalue weighted by Crippen LogP contribution is -2.17. The maximum absolute atomic E-state index is 12.0. The molecular weight excluding hydrogens is 298 g/mol. The van der Waals surface area contributed by atoms with Crippen LogP contribution in [0.3, 0.4) is 0 Å². The third kappa shape index (κ3) is 3.52. The van der Waals surface area contributed by atoms with Crippen LogP contribution < -0.4 is 11.0 Å². The van der Waals surface area contributed by atoms with E-state index in [1.807, 2.05) is 6.07 Å². The smallest absolute Gasteiger partial charge is 0.277 e. The van der Waals surface area contributed by atoms with Crippen LogP contribution in [0, 0.1) is 0 Å². The first kappa shape index (κ1) is 14.9. The van der Waals surface area contributed by atoms with Crippen LogP contribution in [0.25, 0.3) is 21.8 Å². The van der Waals surface area contributed by atoms with Gasteiger partial charge in [0.15, 0.2) is 0 Å². The Morgan fingerprint density at radius 2 is 1.76 bits per heavy atom. The number of fused-ring (bicyclic) bond motifs is 2. The number of benzene rings is 1. The van der Waals surface area contributed by atoms with Gasteiger partial charge in [-0.25, -0.2) is 5.10 Å². The number of aromatic amines is 2. The third-order valence-corrected chi connectivity index (χ3v) is 2.52. The molecule has 8 nitrogen and oxygen atoms in total. The summed E-state index contributed by atoms with van der Waals surface area (Å²) in [7, 11) is -3.67. The van der Waals surface area contributed by atoms with E-state index in [2.05, 4.69) is 15.2 Å². The molecule has 110 valence electrons. The number of H-pyrrole nitrogens is 2. The van der Waals surface area contributed by atoms with Gasteiger partial charge in [0.25, 0.3) is 15.7 Å².